The molecule has 0 radical (unpaired) electrons. The number of benzene rings is 2. The monoisotopic (exact) mass is 448 g/mol. The molecule has 0 aliphatic carbocycles. The number of hydrogen-bond donors (Lipinski definition) is 4. The lowest BCUT2D eigenvalue weighted by molar-refractivity contribution is 0.0938. The van der Waals surface area contributed by atoms with Crippen LogP contribution < -0.4 is 16.4 Å². The summed E-state index contributed by atoms with van der Waals surface area (Å²) in [6, 6.07) is 14.8. The maximum absolute atomic E-state index is 12.4. The van der Waals surface area contributed by atoms with Crippen LogP contribution in [0.5, 0.6) is 0 Å². The van der Waals surface area contributed by atoms with E-state index in [-0.39, 0.29) is 11.3 Å². The lowest BCUT2D eigenvalue weighted by Gasteiger charge is -2.25. The highest BCUT2D eigenvalue weighted by Gasteiger charge is 2.20. The number of nitrogen functional groups attached to an aromatic ring is 1. The van der Waals surface area contributed by atoms with Gasteiger partial charge in [-0.25, -0.2) is 9.97 Å². The fraction of sp³-hybridized carbons (Fsp3) is 0.208. The highest BCUT2D eigenvalue weighted by Crippen LogP contribution is 2.32. The molecule has 2 aromatic heterocycles. The van der Waals surface area contributed by atoms with Gasteiger partial charge in [-0.1, -0.05) is 43.6 Å². The number of halogens is 1. The number of amides is 1. The summed E-state index contributed by atoms with van der Waals surface area (Å²) in [5.41, 5.74) is 9.24. The average Bonchev–Trinajstić information content (AvgIpc) is 3.21. The SMILES string of the molecule is CC(C)(CNC(=O)c1ccc(N)cc1)CNc1ncc(Cl)c(-c2c[nH]c3ccccc23)n1. The van der Waals surface area contributed by atoms with Gasteiger partial charge in [0.2, 0.25) is 5.95 Å². The molecule has 0 aliphatic rings. The largest absolute Gasteiger partial charge is 0.399 e. The lowest BCUT2D eigenvalue weighted by Crippen LogP contribution is -2.38. The quantitative estimate of drug-likeness (QED) is 0.306. The van der Waals surface area contributed by atoms with Gasteiger partial charge in [-0.15, -0.1) is 0 Å². The van der Waals surface area contributed by atoms with E-state index in [9.17, 15) is 4.79 Å². The van der Waals surface area contributed by atoms with Gasteiger partial charge in [0.05, 0.1) is 16.9 Å². The Bertz CT molecular complexity index is 1250. The van der Waals surface area contributed by atoms with E-state index >= 15 is 0 Å². The summed E-state index contributed by atoms with van der Waals surface area (Å²) in [5.74, 6) is 0.343. The van der Waals surface area contributed by atoms with E-state index in [0.717, 1.165) is 16.5 Å². The minimum atomic E-state index is -0.243. The van der Waals surface area contributed by atoms with Crippen molar-refractivity contribution in [3.05, 3.63) is 71.5 Å². The number of aromatic nitrogens is 3. The number of hydrogen-bond acceptors (Lipinski definition) is 5. The summed E-state index contributed by atoms with van der Waals surface area (Å²) in [6.45, 7) is 5.15. The first kappa shape index (κ1) is 21.6. The molecule has 0 fully saturated rings. The van der Waals surface area contributed by atoms with E-state index in [2.05, 4.69) is 39.4 Å². The van der Waals surface area contributed by atoms with Crippen molar-refractivity contribution in [2.75, 3.05) is 24.1 Å². The van der Waals surface area contributed by atoms with Crippen LogP contribution >= 0.6 is 11.6 Å². The minimum Gasteiger partial charge on any atom is -0.399 e. The van der Waals surface area contributed by atoms with Gasteiger partial charge in [0.1, 0.15) is 0 Å². The molecular weight excluding hydrogens is 424 g/mol. The number of para-hydroxylation sites is 1. The number of H-pyrrole nitrogens is 1. The smallest absolute Gasteiger partial charge is 0.251 e. The predicted molar refractivity (Wildman–Crippen MR) is 130 cm³/mol. The molecule has 0 unspecified atom stereocenters. The Kier molecular flexibility index (Phi) is 6.01. The summed E-state index contributed by atoms with van der Waals surface area (Å²) in [7, 11) is 0. The van der Waals surface area contributed by atoms with Gasteiger partial charge < -0.3 is 21.4 Å². The second kappa shape index (κ2) is 8.88. The summed E-state index contributed by atoms with van der Waals surface area (Å²) in [4.78, 5) is 24.6. The van der Waals surface area contributed by atoms with Crippen LogP contribution in [0.4, 0.5) is 11.6 Å². The molecule has 5 N–H and O–H groups in total. The van der Waals surface area contributed by atoms with Crippen molar-refractivity contribution in [3.8, 4) is 11.3 Å². The molecule has 1 amide bonds. The molecular formula is C24H25ClN6O. The first-order valence-electron chi connectivity index (χ1n) is 10.3. The first-order chi connectivity index (χ1) is 15.3. The van der Waals surface area contributed by atoms with Gasteiger partial charge >= 0.3 is 0 Å². The van der Waals surface area contributed by atoms with Crippen molar-refractivity contribution in [3.63, 3.8) is 0 Å². The van der Waals surface area contributed by atoms with Crippen LogP contribution in [0.2, 0.25) is 5.02 Å². The number of aromatic amines is 1. The standard InChI is InChI=1S/C24H25ClN6O/c1-24(2,13-29-22(32)15-7-9-16(26)10-8-15)14-30-23-28-12-19(25)21(31-23)18-11-27-20-6-4-3-5-17(18)20/h3-12,27H,13-14,26H2,1-2H3,(H,29,32)(H,28,30,31). The number of anilines is 2. The van der Waals surface area contributed by atoms with Crippen LogP contribution in [0.1, 0.15) is 24.2 Å². The van der Waals surface area contributed by atoms with Crippen molar-refractivity contribution >= 4 is 40.0 Å². The number of rotatable bonds is 7. The Morgan fingerprint density at radius 2 is 1.88 bits per heavy atom. The predicted octanol–water partition coefficient (Wildman–Crippen LogP) is 4.73. The average molecular weight is 449 g/mol. The normalized spacial score (nSPS) is 11.5. The molecule has 0 atom stereocenters. The van der Waals surface area contributed by atoms with E-state index in [1.807, 2.05) is 30.5 Å². The maximum Gasteiger partial charge on any atom is 0.251 e. The lowest BCUT2D eigenvalue weighted by atomic mass is 9.93. The molecule has 164 valence electrons. The molecule has 0 aliphatic heterocycles. The topological polar surface area (TPSA) is 109 Å². The van der Waals surface area contributed by atoms with E-state index in [1.165, 1.54) is 0 Å². The van der Waals surface area contributed by atoms with Crippen molar-refractivity contribution in [1.29, 1.82) is 0 Å². The van der Waals surface area contributed by atoms with Crippen LogP contribution in [0.15, 0.2) is 60.9 Å². The van der Waals surface area contributed by atoms with Crippen molar-refractivity contribution in [2.24, 2.45) is 5.41 Å². The van der Waals surface area contributed by atoms with Gasteiger partial charge in [0.15, 0.2) is 0 Å². The second-order valence-electron chi connectivity index (χ2n) is 8.46. The highest BCUT2D eigenvalue weighted by molar-refractivity contribution is 6.33. The molecule has 4 aromatic rings. The zero-order chi connectivity index (χ0) is 22.7. The molecule has 4 rings (SSSR count). The third-order valence-corrected chi connectivity index (χ3v) is 5.49. The van der Waals surface area contributed by atoms with Gasteiger partial charge in [-0.3, -0.25) is 4.79 Å². The minimum absolute atomic E-state index is 0.137. The molecule has 0 saturated heterocycles. The zero-order valence-electron chi connectivity index (χ0n) is 17.9. The molecule has 2 heterocycles. The van der Waals surface area contributed by atoms with Gasteiger partial charge in [-0.2, -0.15) is 0 Å². The maximum atomic E-state index is 12.4. The fourth-order valence-electron chi connectivity index (χ4n) is 3.35. The van der Waals surface area contributed by atoms with Crippen LogP contribution in [0.3, 0.4) is 0 Å². The number of carbonyl (C=O) groups excluding carboxylic acids is 1. The Hall–Kier alpha value is -3.58. The Labute approximate surface area is 191 Å². The van der Waals surface area contributed by atoms with E-state index in [0.29, 0.717) is 41.0 Å². The van der Waals surface area contributed by atoms with Crippen LogP contribution in [0, 0.1) is 5.41 Å². The third kappa shape index (κ3) is 4.84. The second-order valence-corrected chi connectivity index (χ2v) is 8.87. The van der Waals surface area contributed by atoms with Gasteiger partial charge in [0.25, 0.3) is 5.91 Å². The summed E-state index contributed by atoms with van der Waals surface area (Å²) >= 11 is 6.41. The first-order valence-corrected chi connectivity index (χ1v) is 10.7. The van der Waals surface area contributed by atoms with Crippen LogP contribution in [-0.2, 0) is 0 Å². The highest BCUT2D eigenvalue weighted by atomic mass is 35.5. The number of nitrogens with zero attached hydrogens (tertiary/aromatic N) is 2. The molecule has 32 heavy (non-hydrogen) atoms. The summed E-state index contributed by atoms with van der Waals surface area (Å²) < 4.78 is 0. The van der Waals surface area contributed by atoms with Gasteiger partial charge in [0, 0.05) is 47.0 Å². The van der Waals surface area contributed by atoms with Crippen LogP contribution in [0.25, 0.3) is 22.2 Å². The Balaban J connectivity index is 1.42. The summed E-state index contributed by atoms with van der Waals surface area (Å²) in [6.07, 6.45) is 3.50. The number of carbonyl (C=O) groups is 1. The van der Waals surface area contributed by atoms with E-state index in [1.54, 1.807) is 30.5 Å². The van der Waals surface area contributed by atoms with Gasteiger partial charge in [-0.05, 0) is 35.7 Å². The summed E-state index contributed by atoms with van der Waals surface area (Å²) in [5, 5.41) is 7.77. The molecule has 0 saturated carbocycles. The number of nitrogens with two attached hydrogens (primary N) is 1. The number of fused-ring (bicyclic) bond motifs is 1. The Morgan fingerprint density at radius 1 is 1.12 bits per heavy atom. The van der Waals surface area contributed by atoms with E-state index < -0.39 is 0 Å². The third-order valence-electron chi connectivity index (χ3n) is 5.21. The van der Waals surface area contributed by atoms with Crippen molar-refractivity contribution < 1.29 is 4.79 Å². The molecule has 8 heteroatoms. The zero-order valence-corrected chi connectivity index (χ0v) is 18.7. The van der Waals surface area contributed by atoms with Crippen molar-refractivity contribution in [1.82, 2.24) is 20.3 Å². The van der Waals surface area contributed by atoms with E-state index in [4.69, 9.17) is 17.3 Å². The number of nitrogens with one attached hydrogen (secondary N) is 3. The molecule has 0 spiro atoms. The fourth-order valence-corrected chi connectivity index (χ4v) is 3.54. The molecule has 0 bridgehead atoms. The molecule has 7 nitrogen and oxygen atoms in total. The van der Waals surface area contributed by atoms with Crippen molar-refractivity contribution in [2.45, 2.75) is 13.8 Å². The molecule has 2 aromatic carbocycles. The Morgan fingerprint density at radius 3 is 2.66 bits per heavy atom. The van der Waals surface area contributed by atoms with Crippen LogP contribution in [-0.4, -0.2) is 33.9 Å².